The van der Waals surface area contributed by atoms with Gasteiger partial charge in [0.1, 0.15) is 5.75 Å². The van der Waals surface area contributed by atoms with E-state index in [1.807, 2.05) is 30.9 Å². The third kappa shape index (κ3) is 4.97. The molecule has 3 rings (SSSR count). The number of carbonyl (C=O) groups is 1. The molecule has 0 unspecified atom stereocenters. The van der Waals surface area contributed by atoms with Crippen molar-refractivity contribution in [1.82, 2.24) is 9.80 Å². The number of phenolic OH excluding ortho intramolecular Hbond substituents is 1. The summed E-state index contributed by atoms with van der Waals surface area (Å²) in [6.07, 6.45) is 1.37. The Hall–Kier alpha value is -1.80. The van der Waals surface area contributed by atoms with Crippen molar-refractivity contribution >= 4 is 21.4 Å². The smallest absolute Gasteiger partial charge is 0.237 e. The maximum absolute atomic E-state index is 13.0. The lowest BCUT2D eigenvalue weighted by molar-refractivity contribution is -0.136. The molecule has 0 bridgehead atoms. The number of amides is 1. The van der Waals surface area contributed by atoms with Crippen LogP contribution >= 0.6 is 0 Å². The maximum atomic E-state index is 13.0. The van der Waals surface area contributed by atoms with Crippen LogP contribution in [-0.4, -0.2) is 85.5 Å². The summed E-state index contributed by atoms with van der Waals surface area (Å²) in [5.74, 6) is 0.572. The van der Waals surface area contributed by atoms with Crippen LogP contribution in [0.3, 0.4) is 0 Å². The van der Waals surface area contributed by atoms with E-state index in [2.05, 4.69) is 9.80 Å². The number of sulfone groups is 1. The summed E-state index contributed by atoms with van der Waals surface area (Å²) in [5.41, 5.74) is 1.07. The van der Waals surface area contributed by atoms with Crippen LogP contribution in [0.5, 0.6) is 5.75 Å². The van der Waals surface area contributed by atoms with Crippen LogP contribution in [0.2, 0.25) is 0 Å². The molecule has 1 N–H and O–H groups in total. The highest BCUT2D eigenvalue weighted by Crippen LogP contribution is 2.23. The topological polar surface area (TPSA) is 81.2 Å². The Balaban J connectivity index is 1.58. The van der Waals surface area contributed by atoms with Crippen molar-refractivity contribution in [2.45, 2.75) is 38.8 Å². The van der Waals surface area contributed by atoms with Crippen LogP contribution in [0.4, 0.5) is 5.69 Å². The number of hydrogen-bond acceptors (Lipinski definition) is 6. The zero-order valence-corrected chi connectivity index (χ0v) is 17.6. The fourth-order valence-corrected chi connectivity index (χ4v) is 5.81. The summed E-state index contributed by atoms with van der Waals surface area (Å²) < 4.78 is 23.8. The molecule has 2 saturated heterocycles. The molecule has 0 spiro atoms. The van der Waals surface area contributed by atoms with Gasteiger partial charge in [0.2, 0.25) is 5.91 Å². The fraction of sp³-hybridized carbons (Fsp3) is 0.650. The third-order valence-electron chi connectivity index (χ3n) is 5.90. The highest BCUT2D eigenvalue weighted by Gasteiger charge is 2.37. The predicted molar refractivity (Wildman–Crippen MR) is 110 cm³/mol. The van der Waals surface area contributed by atoms with Gasteiger partial charge in [-0.2, -0.15) is 0 Å². The molecule has 1 amide bonds. The number of piperazine rings is 1. The number of rotatable bonds is 6. The van der Waals surface area contributed by atoms with E-state index in [-0.39, 0.29) is 35.2 Å². The van der Waals surface area contributed by atoms with Gasteiger partial charge in [-0.3, -0.25) is 9.69 Å². The Bertz CT molecular complexity index is 773. The van der Waals surface area contributed by atoms with Gasteiger partial charge in [-0.1, -0.05) is 6.92 Å². The van der Waals surface area contributed by atoms with Gasteiger partial charge in [0.15, 0.2) is 9.84 Å². The van der Waals surface area contributed by atoms with Crippen molar-refractivity contribution in [1.29, 1.82) is 0 Å². The van der Waals surface area contributed by atoms with E-state index in [9.17, 15) is 18.3 Å². The normalized spacial score (nSPS) is 23.5. The molecule has 0 radical (unpaired) electrons. The molecule has 0 saturated carbocycles. The number of nitrogens with zero attached hydrogens (tertiary/aromatic N) is 3. The summed E-state index contributed by atoms with van der Waals surface area (Å²) in [6.45, 7) is 7.58. The van der Waals surface area contributed by atoms with Crippen molar-refractivity contribution in [3.05, 3.63) is 24.3 Å². The minimum atomic E-state index is -3.02. The summed E-state index contributed by atoms with van der Waals surface area (Å²) in [5, 5.41) is 9.43. The van der Waals surface area contributed by atoms with Crippen LogP contribution in [-0.2, 0) is 14.6 Å². The number of carbonyl (C=O) groups excluding carboxylic acids is 1. The highest BCUT2D eigenvalue weighted by atomic mass is 32.2. The lowest BCUT2D eigenvalue weighted by Crippen LogP contribution is -2.53. The van der Waals surface area contributed by atoms with Crippen LogP contribution in [0, 0.1) is 0 Å². The number of anilines is 1. The monoisotopic (exact) mass is 409 g/mol. The second kappa shape index (κ2) is 8.69. The van der Waals surface area contributed by atoms with Gasteiger partial charge in [0, 0.05) is 44.0 Å². The van der Waals surface area contributed by atoms with Crippen LogP contribution in [0.15, 0.2) is 24.3 Å². The maximum Gasteiger partial charge on any atom is 0.237 e. The Labute approximate surface area is 167 Å². The van der Waals surface area contributed by atoms with Crippen molar-refractivity contribution in [2.75, 3.05) is 49.1 Å². The average molecular weight is 410 g/mol. The quantitative estimate of drug-likeness (QED) is 0.763. The molecule has 1 aromatic carbocycles. The first kappa shape index (κ1) is 20.9. The van der Waals surface area contributed by atoms with Gasteiger partial charge >= 0.3 is 0 Å². The fourth-order valence-electron chi connectivity index (χ4n) is 4.10. The Kier molecular flexibility index (Phi) is 6.50. The molecule has 7 nitrogen and oxygen atoms in total. The number of benzene rings is 1. The summed E-state index contributed by atoms with van der Waals surface area (Å²) in [4.78, 5) is 19.3. The molecule has 2 heterocycles. The van der Waals surface area contributed by atoms with E-state index < -0.39 is 9.84 Å². The first-order valence-electron chi connectivity index (χ1n) is 10.1. The van der Waals surface area contributed by atoms with Crippen molar-refractivity contribution in [2.24, 2.45) is 0 Å². The van der Waals surface area contributed by atoms with Gasteiger partial charge in [0.25, 0.3) is 0 Å². The summed E-state index contributed by atoms with van der Waals surface area (Å²) in [6, 6.07) is 7.04. The number of aromatic hydroxyl groups is 1. The van der Waals surface area contributed by atoms with Crippen molar-refractivity contribution < 1.29 is 18.3 Å². The minimum Gasteiger partial charge on any atom is -0.508 e. The second-order valence-electron chi connectivity index (χ2n) is 7.89. The van der Waals surface area contributed by atoms with E-state index in [0.29, 0.717) is 13.0 Å². The van der Waals surface area contributed by atoms with Gasteiger partial charge in [-0.05, 0) is 44.0 Å². The zero-order chi connectivity index (χ0) is 20.3. The summed E-state index contributed by atoms with van der Waals surface area (Å²) in [7, 11) is -3.02. The molecule has 1 aromatic rings. The first-order chi connectivity index (χ1) is 13.3. The lowest BCUT2D eigenvalue weighted by Gasteiger charge is -2.39. The van der Waals surface area contributed by atoms with Crippen LogP contribution in [0.1, 0.15) is 26.7 Å². The molecule has 2 aliphatic heterocycles. The van der Waals surface area contributed by atoms with Gasteiger partial charge in [0.05, 0.1) is 18.1 Å². The Morgan fingerprint density at radius 1 is 1.21 bits per heavy atom. The van der Waals surface area contributed by atoms with Gasteiger partial charge in [-0.15, -0.1) is 0 Å². The molecule has 2 atom stereocenters. The largest absolute Gasteiger partial charge is 0.508 e. The van der Waals surface area contributed by atoms with E-state index in [1.54, 1.807) is 12.1 Å². The molecule has 2 aliphatic rings. The molecular weight excluding hydrogens is 378 g/mol. The average Bonchev–Trinajstić information content (AvgIpc) is 3.02. The predicted octanol–water partition coefficient (Wildman–Crippen LogP) is 1.33. The van der Waals surface area contributed by atoms with Gasteiger partial charge < -0.3 is 14.9 Å². The first-order valence-corrected chi connectivity index (χ1v) is 11.9. The van der Waals surface area contributed by atoms with Crippen molar-refractivity contribution in [3.8, 4) is 5.75 Å². The SMILES string of the molecule is CC[C@@H](C)N(C(=O)CN1CCN(c2ccc(O)cc2)CC1)[C@H]1CCS(=O)(=O)C1. The number of phenols is 1. The van der Waals surface area contributed by atoms with E-state index in [4.69, 9.17) is 0 Å². The van der Waals surface area contributed by atoms with Crippen molar-refractivity contribution in [3.63, 3.8) is 0 Å². The molecule has 0 aromatic heterocycles. The summed E-state index contributed by atoms with van der Waals surface area (Å²) >= 11 is 0. The van der Waals surface area contributed by atoms with Gasteiger partial charge in [-0.25, -0.2) is 8.42 Å². The minimum absolute atomic E-state index is 0.0366. The van der Waals surface area contributed by atoms with Crippen LogP contribution < -0.4 is 4.90 Å². The number of hydrogen-bond donors (Lipinski definition) is 1. The second-order valence-corrected chi connectivity index (χ2v) is 10.1. The third-order valence-corrected chi connectivity index (χ3v) is 7.65. The molecular formula is C20H31N3O4S. The molecule has 0 aliphatic carbocycles. The molecule has 28 heavy (non-hydrogen) atoms. The Morgan fingerprint density at radius 2 is 1.86 bits per heavy atom. The molecule has 2 fully saturated rings. The van der Waals surface area contributed by atoms with E-state index in [1.165, 1.54) is 0 Å². The van der Waals surface area contributed by atoms with Crippen LogP contribution in [0.25, 0.3) is 0 Å². The zero-order valence-electron chi connectivity index (χ0n) is 16.7. The van der Waals surface area contributed by atoms with E-state index in [0.717, 1.165) is 38.3 Å². The lowest BCUT2D eigenvalue weighted by atomic mass is 10.1. The molecule has 8 heteroatoms. The Morgan fingerprint density at radius 3 is 2.39 bits per heavy atom. The van der Waals surface area contributed by atoms with E-state index >= 15 is 0 Å². The standard InChI is InChI=1S/C20H31N3O4S/c1-3-16(2)23(18-8-13-28(26,27)15-18)20(25)14-21-9-11-22(12-10-21)17-4-6-19(24)7-5-17/h4-7,16,18,24H,3,8-15H2,1-2H3/t16-,18+/m1/s1. The highest BCUT2D eigenvalue weighted by molar-refractivity contribution is 7.91. The molecule has 156 valence electrons.